The topological polar surface area (TPSA) is 258 Å². The van der Waals surface area contributed by atoms with Gasteiger partial charge in [-0.3, -0.25) is 34.3 Å². The number of aliphatic carboxylic acids is 1. The van der Waals surface area contributed by atoms with E-state index in [0.717, 1.165) is 6.92 Å². The van der Waals surface area contributed by atoms with Crippen LogP contribution in [-0.2, 0) is 19.2 Å². The minimum Gasteiger partial charge on any atom is -0.481 e. The van der Waals surface area contributed by atoms with Crippen LogP contribution in [0, 0.1) is 22.0 Å². The molecule has 0 saturated carbocycles. The van der Waals surface area contributed by atoms with Crippen LogP contribution >= 0.6 is 0 Å². The number of carboxylic acids is 1. The lowest BCUT2D eigenvalue weighted by atomic mass is 10.00. The molecule has 0 radical (unpaired) electrons. The molecule has 3 atom stereocenters. The van der Waals surface area contributed by atoms with Crippen molar-refractivity contribution in [3.05, 3.63) is 34.4 Å². The van der Waals surface area contributed by atoms with Crippen molar-refractivity contribution in [3.8, 4) is 0 Å². The highest BCUT2D eigenvalue weighted by atomic mass is 16.6. The molecule has 1 aromatic carbocycles. The standard InChI is InChI=1S/C23H38N8O5.C2H4O2/c1-13(2)12-18(30-22(34)19(24)14(3)4)21(33)29-17(6-5-11-27-23(25)26)20(32)28-15-7-9-16(10-8-15)31(35)36;1-2(3)4/h7-10,13-14,17-19H,5-6,11-12,24H2,1-4H3,(H,28,32)(H,29,33)(H,30,34)(H4,25,26,27);1H3,(H,3,4)/t17-,18-,19+;/m0./s1. The number of guanidine groups is 1. The number of nitro benzene ring substituents is 1. The van der Waals surface area contributed by atoms with Gasteiger partial charge >= 0.3 is 0 Å². The van der Waals surface area contributed by atoms with E-state index >= 15 is 0 Å². The number of carbonyl (C=O) groups excluding carboxylic acids is 3. The van der Waals surface area contributed by atoms with E-state index in [9.17, 15) is 24.5 Å². The van der Waals surface area contributed by atoms with Crippen molar-refractivity contribution in [3.63, 3.8) is 0 Å². The molecule has 0 aliphatic rings. The van der Waals surface area contributed by atoms with Gasteiger partial charge in [-0.2, -0.15) is 0 Å². The van der Waals surface area contributed by atoms with Gasteiger partial charge in [0.25, 0.3) is 11.7 Å². The Morgan fingerprint density at radius 3 is 1.95 bits per heavy atom. The summed E-state index contributed by atoms with van der Waals surface area (Å²) >= 11 is 0. The van der Waals surface area contributed by atoms with Gasteiger partial charge in [-0.1, -0.05) is 27.7 Å². The number of hydrogen-bond acceptors (Lipinski definition) is 8. The summed E-state index contributed by atoms with van der Waals surface area (Å²) in [5.74, 6) is -2.49. The van der Waals surface area contributed by atoms with Crippen LogP contribution in [0.3, 0.4) is 0 Å². The second kappa shape index (κ2) is 18.1. The number of aliphatic imine (C=N–C) groups is 1. The Balaban J connectivity index is 0.00000354. The summed E-state index contributed by atoms with van der Waals surface area (Å²) in [5, 5.41) is 26.3. The van der Waals surface area contributed by atoms with Gasteiger partial charge in [-0.05, 0) is 43.2 Å². The van der Waals surface area contributed by atoms with E-state index in [1.165, 1.54) is 24.3 Å². The first-order valence-electron chi connectivity index (χ1n) is 12.7. The lowest BCUT2D eigenvalue weighted by Gasteiger charge is -2.26. The highest BCUT2D eigenvalue weighted by molar-refractivity contribution is 5.98. The monoisotopic (exact) mass is 566 g/mol. The van der Waals surface area contributed by atoms with E-state index in [-0.39, 0.29) is 36.4 Å². The molecule has 0 saturated heterocycles. The molecule has 0 aliphatic carbocycles. The zero-order valence-electron chi connectivity index (χ0n) is 23.5. The number of benzene rings is 1. The predicted molar refractivity (Wildman–Crippen MR) is 151 cm³/mol. The second-order valence-electron chi connectivity index (χ2n) is 9.78. The molecule has 3 amide bonds. The quantitative estimate of drug-likeness (QED) is 0.0544. The lowest BCUT2D eigenvalue weighted by Crippen LogP contribution is -2.56. The Kier molecular flexibility index (Phi) is 16.2. The predicted octanol–water partition coefficient (Wildman–Crippen LogP) is 0.677. The summed E-state index contributed by atoms with van der Waals surface area (Å²) in [4.78, 5) is 61.9. The average molecular weight is 567 g/mol. The fraction of sp³-hybridized carbons (Fsp3) is 0.560. The van der Waals surface area contributed by atoms with Crippen LogP contribution in [0.2, 0.25) is 0 Å². The summed E-state index contributed by atoms with van der Waals surface area (Å²) in [7, 11) is 0. The molecule has 0 unspecified atom stereocenters. The molecule has 0 spiro atoms. The Morgan fingerprint density at radius 2 is 1.50 bits per heavy atom. The molecule has 15 heteroatoms. The Hall–Kier alpha value is -4.27. The molecule has 0 fully saturated rings. The number of nitrogens with two attached hydrogens (primary N) is 3. The van der Waals surface area contributed by atoms with Crippen LogP contribution in [0.4, 0.5) is 11.4 Å². The first-order chi connectivity index (χ1) is 18.5. The van der Waals surface area contributed by atoms with Crippen LogP contribution < -0.4 is 33.2 Å². The van der Waals surface area contributed by atoms with Crippen molar-refractivity contribution in [2.24, 2.45) is 34.0 Å². The number of anilines is 1. The molecule has 0 aliphatic heterocycles. The first kappa shape index (κ1) is 35.7. The van der Waals surface area contributed by atoms with E-state index in [2.05, 4.69) is 20.9 Å². The number of hydrogen-bond donors (Lipinski definition) is 7. The Morgan fingerprint density at radius 1 is 0.975 bits per heavy atom. The third-order valence-electron chi connectivity index (χ3n) is 5.29. The molecule has 1 aromatic rings. The number of nitro groups is 1. The molecule has 0 heterocycles. The van der Waals surface area contributed by atoms with E-state index < -0.39 is 46.7 Å². The van der Waals surface area contributed by atoms with Gasteiger partial charge in [-0.25, -0.2) is 0 Å². The molecular formula is C25H42N8O7. The number of nitrogens with zero attached hydrogens (tertiary/aromatic N) is 2. The van der Waals surface area contributed by atoms with Gasteiger partial charge < -0.3 is 38.3 Å². The van der Waals surface area contributed by atoms with Crippen LogP contribution in [0.5, 0.6) is 0 Å². The number of rotatable bonds is 14. The normalized spacial score (nSPS) is 12.7. The molecule has 1 rings (SSSR count). The smallest absolute Gasteiger partial charge is 0.300 e. The summed E-state index contributed by atoms with van der Waals surface area (Å²) in [6.45, 7) is 8.74. The fourth-order valence-electron chi connectivity index (χ4n) is 3.21. The van der Waals surface area contributed by atoms with Crippen molar-refractivity contribution >= 4 is 41.0 Å². The summed E-state index contributed by atoms with van der Waals surface area (Å²) < 4.78 is 0. The summed E-state index contributed by atoms with van der Waals surface area (Å²) in [6, 6.07) is 2.64. The lowest BCUT2D eigenvalue weighted by molar-refractivity contribution is -0.384. The minimum absolute atomic E-state index is 0.0746. The number of nitrogens with one attached hydrogen (secondary N) is 3. The Labute approximate surface area is 233 Å². The van der Waals surface area contributed by atoms with Crippen molar-refractivity contribution in [1.29, 1.82) is 0 Å². The van der Waals surface area contributed by atoms with Gasteiger partial charge in [0.05, 0.1) is 11.0 Å². The third-order valence-corrected chi connectivity index (χ3v) is 5.29. The molecular weight excluding hydrogens is 524 g/mol. The molecule has 224 valence electrons. The van der Waals surface area contributed by atoms with E-state index in [0.29, 0.717) is 18.5 Å². The average Bonchev–Trinajstić information content (AvgIpc) is 2.84. The van der Waals surface area contributed by atoms with Gasteiger partial charge in [0, 0.05) is 31.3 Å². The van der Waals surface area contributed by atoms with E-state index in [1.807, 2.05) is 13.8 Å². The largest absolute Gasteiger partial charge is 0.481 e. The SMILES string of the molecule is CC(=O)O.CC(C)C[C@H](NC(=O)[C@H](N)C(C)C)C(=O)N[C@@H](CCCN=C(N)N)C(=O)Nc1ccc([N+](=O)[O-])cc1. The van der Waals surface area contributed by atoms with Gasteiger partial charge in [0.1, 0.15) is 12.1 Å². The van der Waals surface area contributed by atoms with Gasteiger partial charge in [-0.15, -0.1) is 0 Å². The van der Waals surface area contributed by atoms with Crippen molar-refractivity contribution < 1.29 is 29.2 Å². The molecule has 10 N–H and O–H groups in total. The van der Waals surface area contributed by atoms with Crippen molar-refractivity contribution in [2.45, 2.75) is 72.0 Å². The van der Waals surface area contributed by atoms with Crippen LogP contribution in [0.25, 0.3) is 0 Å². The molecule has 0 aromatic heterocycles. The zero-order valence-corrected chi connectivity index (χ0v) is 23.5. The maximum atomic E-state index is 13.1. The second-order valence-corrected chi connectivity index (χ2v) is 9.78. The maximum Gasteiger partial charge on any atom is 0.300 e. The van der Waals surface area contributed by atoms with Crippen LogP contribution in [0.15, 0.2) is 29.3 Å². The number of amides is 3. The minimum atomic E-state index is -0.979. The van der Waals surface area contributed by atoms with Gasteiger partial charge in [0.2, 0.25) is 17.7 Å². The summed E-state index contributed by atoms with van der Waals surface area (Å²) in [5.41, 5.74) is 16.8. The van der Waals surface area contributed by atoms with Crippen LogP contribution in [-0.4, -0.2) is 64.4 Å². The van der Waals surface area contributed by atoms with E-state index in [4.69, 9.17) is 27.1 Å². The highest BCUT2D eigenvalue weighted by Gasteiger charge is 2.29. The van der Waals surface area contributed by atoms with Gasteiger partial charge in [0.15, 0.2) is 5.96 Å². The Bertz CT molecular complexity index is 1020. The molecule has 15 nitrogen and oxygen atoms in total. The van der Waals surface area contributed by atoms with E-state index in [1.54, 1.807) is 13.8 Å². The van der Waals surface area contributed by atoms with Crippen molar-refractivity contribution in [2.75, 3.05) is 11.9 Å². The van der Waals surface area contributed by atoms with Crippen molar-refractivity contribution in [1.82, 2.24) is 10.6 Å². The third kappa shape index (κ3) is 15.2. The summed E-state index contributed by atoms with van der Waals surface area (Å²) in [6.07, 6.45) is 0.929. The molecule has 40 heavy (non-hydrogen) atoms. The number of non-ortho nitro benzene ring substituents is 1. The van der Waals surface area contributed by atoms with Crippen LogP contribution in [0.1, 0.15) is 53.9 Å². The highest BCUT2D eigenvalue weighted by Crippen LogP contribution is 2.16. The fourth-order valence-corrected chi connectivity index (χ4v) is 3.21. The first-order valence-corrected chi connectivity index (χ1v) is 12.7. The number of carboxylic acid groups (broad SMARTS) is 1. The zero-order chi connectivity index (χ0) is 31.0. The molecule has 0 bridgehead atoms. The number of carbonyl (C=O) groups is 4. The maximum absolute atomic E-state index is 13.1.